The second-order valence-corrected chi connectivity index (χ2v) is 5.98. The second-order valence-electron chi connectivity index (χ2n) is 5.58. The summed E-state index contributed by atoms with van der Waals surface area (Å²) in [4.78, 5) is 11.7. The van der Waals surface area contributed by atoms with E-state index in [0.29, 0.717) is 29.7 Å². The molecular formula is C16H25ClN2O2. The number of carbonyl (C=O) groups is 1. The first kappa shape index (κ1) is 17.8. The Morgan fingerprint density at radius 2 is 2.14 bits per heavy atom. The van der Waals surface area contributed by atoms with E-state index in [2.05, 4.69) is 5.32 Å². The van der Waals surface area contributed by atoms with Crippen molar-refractivity contribution in [2.75, 3.05) is 13.2 Å². The van der Waals surface area contributed by atoms with Crippen LogP contribution in [0, 0.1) is 5.92 Å². The highest BCUT2D eigenvalue weighted by Crippen LogP contribution is 2.27. The quantitative estimate of drug-likeness (QED) is 0.776. The van der Waals surface area contributed by atoms with Crippen molar-refractivity contribution in [2.45, 2.75) is 39.7 Å². The first-order chi connectivity index (χ1) is 9.93. The van der Waals surface area contributed by atoms with E-state index in [1.807, 2.05) is 39.0 Å². The number of halogens is 1. The molecule has 0 saturated heterocycles. The largest absolute Gasteiger partial charge is 0.483 e. The number of nitrogens with one attached hydrogen (secondary N) is 1. The van der Waals surface area contributed by atoms with Gasteiger partial charge in [-0.25, -0.2) is 0 Å². The predicted octanol–water partition coefficient (Wildman–Crippen LogP) is 2.77. The van der Waals surface area contributed by atoms with Crippen molar-refractivity contribution in [1.29, 1.82) is 0 Å². The van der Waals surface area contributed by atoms with Crippen molar-refractivity contribution in [2.24, 2.45) is 11.7 Å². The van der Waals surface area contributed by atoms with E-state index in [1.165, 1.54) is 0 Å². The van der Waals surface area contributed by atoms with Crippen molar-refractivity contribution in [3.8, 4) is 5.75 Å². The summed E-state index contributed by atoms with van der Waals surface area (Å²) in [7, 11) is 0. The van der Waals surface area contributed by atoms with E-state index in [0.717, 1.165) is 12.0 Å². The first-order valence-corrected chi connectivity index (χ1v) is 7.74. The lowest BCUT2D eigenvalue weighted by Crippen LogP contribution is -2.32. The molecule has 0 radical (unpaired) electrons. The van der Waals surface area contributed by atoms with Gasteiger partial charge in [0.25, 0.3) is 5.91 Å². The number of carbonyl (C=O) groups excluding carboxylic acids is 1. The summed E-state index contributed by atoms with van der Waals surface area (Å²) in [5, 5.41) is 3.44. The van der Waals surface area contributed by atoms with Gasteiger partial charge in [-0.05, 0) is 30.9 Å². The molecule has 5 heteroatoms. The molecule has 1 aromatic rings. The van der Waals surface area contributed by atoms with Gasteiger partial charge in [0.1, 0.15) is 5.75 Å². The molecule has 0 fully saturated rings. The van der Waals surface area contributed by atoms with Crippen molar-refractivity contribution < 1.29 is 9.53 Å². The van der Waals surface area contributed by atoms with Gasteiger partial charge in [0.15, 0.2) is 6.61 Å². The van der Waals surface area contributed by atoms with E-state index in [9.17, 15) is 4.79 Å². The third kappa shape index (κ3) is 6.36. The summed E-state index contributed by atoms with van der Waals surface area (Å²) < 4.78 is 5.61. The van der Waals surface area contributed by atoms with Gasteiger partial charge < -0.3 is 15.8 Å². The molecule has 4 nitrogen and oxygen atoms in total. The Morgan fingerprint density at radius 3 is 2.76 bits per heavy atom. The SMILES string of the molecule is CCC(N)Cc1c(Cl)cccc1OCC(=O)NCC(C)C. The summed E-state index contributed by atoms with van der Waals surface area (Å²) in [6.45, 7) is 6.75. The maximum absolute atomic E-state index is 11.7. The molecule has 0 aliphatic carbocycles. The lowest BCUT2D eigenvalue weighted by molar-refractivity contribution is -0.123. The zero-order valence-electron chi connectivity index (χ0n) is 13.0. The van der Waals surface area contributed by atoms with Gasteiger partial charge in [0.2, 0.25) is 0 Å². The van der Waals surface area contributed by atoms with Gasteiger partial charge >= 0.3 is 0 Å². The minimum Gasteiger partial charge on any atom is -0.483 e. The van der Waals surface area contributed by atoms with Gasteiger partial charge in [-0.15, -0.1) is 0 Å². The lowest BCUT2D eigenvalue weighted by Gasteiger charge is -2.16. The average Bonchev–Trinajstić information content (AvgIpc) is 2.45. The molecule has 118 valence electrons. The van der Waals surface area contributed by atoms with Gasteiger partial charge in [-0.3, -0.25) is 4.79 Å². The molecular weight excluding hydrogens is 288 g/mol. The molecule has 3 N–H and O–H groups in total. The third-order valence-electron chi connectivity index (χ3n) is 3.13. The highest BCUT2D eigenvalue weighted by atomic mass is 35.5. The molecule has 0 aliphatic heterocycles. The van der Waals surface area contributed by atoms with Crippen LogP contribution in [0.15, 0.2) is 18.2 Å². The normalized spacial score (nSPS) is 12.3. The van der Waals surface area contributed by atoms with Crippen LogP contribution in [0.1, 0.15) is 32.8 Å². The van der Waals surface area contributed by atoms with E-state index < -0.39 is 0 Å². The van der Waals surface area contributed by atoms with Gasteiger partial charge in [-0.2, -0.15) is 0 Å². The fourth-order valence-electron chi connectivity index (χ4n) is 1.79. The van der Waals surface area contributed by atoms with E-state index in [1.54, 1.807) is 0 Å². The third-order valence-corrected chi connectivity index (χ3v) is 3.49. The van der Waals surface area contributed by atoms with Crippen LogP contribution in [0.3, 0.4) is 0 Å². The summed E-state index contributed by atoms with van der Waals surface area (Å²) in [5.74, 6) is 0.916. The smallest absolute Gasteiger partial charge is 0.257 e. The Morgan fingerprint density at radius 1 is 1.43 bits per heavy atom. The van der Waals surface area contributed by atoms with Crippen LogP contribution < -0.4 is 15.8 Å². The van der Waals surface area contributed by atoms with Crippen LogP contribution in [0.25, 0.3) is 0 Å². The predicted molar refractivity (Wildman–Crippen MR) is 86.8 cm³/mol. The van der Waals surface area contributed by atoms with E-state index in [4.69, 9.17) is 22.1 Å². The zero-order chi connectivity index (χ0) is 15.8. The van der Waals surface area contributed by atoms with Crippen molar-refractivity contribution >= 4 is 17.5 Å². The summed E-state index contributed by atoms with van der Waals surface area (Å²) in [5.41, 5.74) is 6.85. The lowest BCUT2D eigenvalue weighted by atomic mass is 10.0. The fourth-order valence-corrected chi connectivity index (χ4v) is 2.03. The Balaban J connectivity index is 2.66. The van der Waals surface area contributed by atoms with Gasteiger partial charge in [0.05, 0.1) is 0 Å². The first-order valence-electron chi connectivity index (χ1n) is 7.36. The van der Waals surface area contributed by atoms with Crippen LogP contribution in [-0.2, 0) is 11.2 Å². The topological polar surface area (TPSA) is 64.3 Å². The molecule has 1 amide bonds. The monoisotopic (exact) mass is 312 g/mol. The van der Waals surface area contributed by atoms with E-state index in [-0.39, 0.29) is 18.6 Å². The Kier molecular flexibility index (Phi) is 7.54. The van der Waals surface area contributed by atoms with Crippen LogP contribution in [-0.4, -0.2) is 25.1 Å². The highest BCUT2D eigenvalue weighted by molar-refractivity contribution is 6.31. The maximum atomic E-state index is 11.7. The number of benzene rings is 1. The molecule has 1 rings (SSSR count). The number of hydrogen-bond donors (Lipinski definition) is 2. The molecule has 21 heavy (non-hydrogen) atoms. The number of rotatable bonds is 8. The molecule has 1 aromatic carbocycles. The molecule has 0 heterocycles. The van der Waals surface area contributed by atoms with Crippen LogP contribution >= 0.6 is 11.6 Å². The van der Waals surface area contributed by atoms with Crippen molar-refractivity contribution in [3.05, 3.63) is 28.8 Å². The molecule has 0 saturated carbocycles. The minimum atomic E-state index is -0.130. The van der Waals surface area contributed by atoms with Crippen LogP contribution in [0.4, 0.5) is 0 Å². The molecule has 0 aliphatic rings. The minimum absolute atomic E-state index is 0.0125. The molecule has 0 aromatic heterocycles. The number of amides is 1. The summed E-state index contributed by atoms with van der Waals surface area (Å²) >= 11 is 6.21. The molecule has 1 atom stereocenters. The zero-order valence-corrected chi connectivity index (χ0v) is 13.7. The molecule has 0 bridgehead atoms. The Labute approximate surface area is 132 Å². The highest BCUT2D eigenvalue weighted by Gasteiger charge is 2.13. The van der Waals surface area contributed by atoms with Gasteiger partial charge in [0, 0.05) is 23.2 Å². The maximum Gasteiger partial charge on any atom is 0.257 e. The Hall–Kier alpha value is -1.26. The second kappa shape index (κ2) is 8.90. The van der Waals surface area contributed by atoms with E-state index >= 15 is 0 Å². The average molecular weight is 313 g/mol. The summed E-state index contributed by atoms with van der Waals surface area (Å²) in [6, 6.07) is 5.47. The van der Waals surface area contributed by atoms with Crippen molar-refractivity contribution in [3.63, 3.8) is 0 Å². The van der Waals surface area contributed by atoms with Crippen LogP contribution in [0.5, 0.6) is 5.75 Å². The number of hydrogen-bond acceptors (Lipinski definition) is 3. The number of ether oxygens (including phenoxy) is 1. The number of nitrogens with two attached hydrogens (primary N) is 1. The van der Waals surface area contributed by atoms with Crippen LogP contribution in [0.2, 0.25) is 5.02 Å². The Bertz CT molecular complexity index is 464. The van der Waals surface area contributed by atoms with Gasteiger partial charge in [-0.1, -0.05) is 38.4 Å². The summed E-state index contributed by atoms with van der Waals surface area (Å²) in [6.07, 6.45) is 1.50. The molecule has 1 unspecified atom stereocenters. The molecule has 0 spiro atoms. The standard InChI is InChI=1S/C16H25ClN2O2/c1-4-12(18)8-13-14(17)6-5-7-15(13)21-10-16(20)19-9-11(2)3/h5-7,11-12H,4,8-10,18H2,1-3H3,(H,19,20). The van der Waals surface area contributed by atoms with Crippen molar-refractivity contribution in [1.82, 2.24) is 5.32 Å². The fraction of sp³-hybridized carbons (Fsp3) is 0.562.